The molecule has 0 saturated carbocycles. The minimum absolute atomic E-state index is 0.0293. The van der Waals surface area contributed by atoms with Crippen molar-refractivity contribution >= 4 is 11.7 Å². The number of hydrogen-bond donors (Lipinski definition) is 2. The summed E-state index contributed by atoms with van der Waals surface area (Å²) in [5.41, 5.74) is 0.592. The van der Waals surface area contributed by atoms with E-state index < -0.39 is 23.6 Å². The number of hydrogen-bond acceptors (Lipinski definition) is 1. The molecule has 0 aromatic heterocycles. The maximum Gasteiger partial charge on any atom is 0.416 e. The molecule has 0 unspecified atom stereocenters. The van der Waals surface area contributed by atoms with E-state index in [2.05, 4.69) is 10.6 Å². The highest BCUT2D eigenvalue weighted by Gasteiger charge is 2.31. The van der Waals surface area contributed by atoms with Crippen LogP contribution in [0, 0.1) is 5.82 Å². The fraction of sp³-hybridized carbons (Fsp3) is 0.278. The number of urea groups is 1. The van der Waals surface area contributed by atoms with E-state index in [1.54, 1.807) is 12.1 Å². The van der Waals surface area contributed by atoms with Gasteiger partial charge in [-0.1, -0.05) is 32.0 Å². The highest BCUT2D eigenvalue weighted by atomic mass is 19.4. The van der Waals surface area contributed by atoms with Crippen LogP contribution in [0.1, 0.15) is 36.5 Å². The molecule has 2 amide bonds. The summed E-state index contributed by atoms with van der Waals surface area (Å²) in [4.78, 5) is 11.8. The van der Waals surface area contributed by atoms with Gasteiger partial charge in [-0.25, -0.2) is 9.18 Å². The van der Waals surface area contributed by atoms with Crippen LogP contribution in [0.2, 0.25) is 0 Å². The van der Waals surface area contributed by atoms with Gasteiger partial charge >= 0.3 is 12.2 Å². The van der Waals surface area contributed by atoms with Crippen molar-refractivity contribution in [1.82, 2.24) is 5.32 Å². The van der Waals surface area contributed by atoms with E-state index in [-0.39, 0.29) is 12.1 Å². The van der Waals surface area contributed by atoms with E-state index >= 15 is 0 Å². The Bertz CT molecular complexity index is 740. The Balaban J connectivity index is 1.93. The van der Waals surface area contributed by atoms with Crippen LogP contribution in [0.15, 0.2) is 42.5 Å². The molecular weight excluding hydrogens is 336 g/mol. The van der Waals surface area contributed by atoms with Gasteiger partial charge < -0.3 is 10.6 Å². The zero-order valence-corrected chi connectivity index (χ0v) is 13.7. The van der Waals surface area contributed by atoms with Gasteiger partial charge in [0, 0.05) is 17.8 Å². The number of benzene rings is 2. The van der Waals surface area contributed by atoms with Crippen molar-refractivity contribution < 1.29 is 22.4 Å². The van der Waals surface area contributed by atoms with Gasteiger partial charge in [0.15, 0.2) is 0 Å². The van der Waals surface area contributed by atoms with E-state index in [9.17, 15) is 22.4 Å². The Morgan fingerprint density at radius 2 is 1.72 bits per heavy atom. The lowest BCUT2D eigenvalue weighted by molar-refractivity contribution is -0.137. The molecule has 2 rings (SSSR count). The van der Waals surface area contributed by atoms with E-state index in [4.69, 9.17) is 0 Å². The highest BCUT2D eigenvalue weighted by Crippen LogP contribution is 2.30. The van der Waals surface area contributed by atoms with Gasteiger partial charge in [-0.2, -0.15) is 13.2 Å². The predicted molar refractivity (Wildman–Crippen MR) is 87.8 cm³/mol. The number of carbonyl (C=O) groups excluding carboxylic acids is 1. The first-order chi connectivity index (χ1) is 11.7. The molecule has 2 aromatic rings. The third-order valence-corrected chi connectivity index (χ3v) is 3.66. The van der Waals surface area contributed by atoms with Crippen LogP contribution in [-0.4, -0.2) is 6.03 Å². The first-order valence-electron chi connectivity index (χ1n) is 7.67. The summed E-state index contributed by atoms with van der Waals surface area (Å²) in [6.07, 6.45) is -4.60. The number of nitrogens with one attached hydrogen (secondary N) is 2. The summed E-state index contributed by atoms with van der Waals surface area (Å²) < 4.78 is 51.2. The molecule has 2 aromatic carbocycles. The van der Waals surface area contributed by atoms with Gasteiger partial charge in [0.05, 0.1) is 5.56 Å². The van der Waals surface area contributed by atoms with Gasteiger partial charge in [-0.05, 0) is 35.7 Å². The average Bonchev–Trinajstić information content (AvgIpc) is 2.53. The van der Waals surface area contributed by atoms with Crippen molar-refractivity contribution in [3.63, 3.8) is 0 Å². The van der Waals surface area contributed by atoms with Crippen LogP contribution in [0.5, 0.6) is 0 Å². The summed E-state index contributed by atoms with van der Waals surface area (Å²) in [5.74, 6) is -0.651. The second-order valence-corrected chi connectivity index (χ2v) is 5.89. The summed E-state index contributed by atoms with van der Waals surface area (Å²) in [6, 6.07) is 8.89. The third-order valence-electron chi connectivity index (χ3n) is 3.66. The smallest absolute Gasteiger partial charge is 0.334 e. The van der Waals surface area contributed by atoms with Crippen molar-refractivity contribution in [3.8, 4) is 0 Å². The number of alkyl halides is 3. The Hall–Kier alpha value is -2.57. The fourth-order valence-corrected chi connectivity index (χ4v) is 2.17. The largest absolute Gasteiger partial charge is 0.416 e. The molecule has 0 fully saturated rings. The lowest BCUT2D eigenvalue weighted by Crippen LogP contribution is -2.28. The SMILES string of the molecule is CC(C)c1ccc(NC(=O)NCc2ccc(C(F)(F)F)cc2F)cc1. The first kappa shape index (κ1) is 18.8. The second kappa shape index (κ2) is 7.55. The molecule has 0 heterocycles. The lowest BCUT2D eigenvalue weighted by Gasteiger charge is -2.11. The van der Waals surface area contributed by atoms with Crippen LogP contribution < -0.4 is 10.6 Å². The molecule has 0 aliphatic carbocycles. The Morgan fingerprint density at radius 1 is 1.08 bits per heavy atom. The zero-order valence-electron chi connectivity index (χ0n) is 13.7. The number of anilines is 1. The minimum Gasteiger partial charge on any atom is -0.334 e. The Labute approximate surface area is 143 Å². The number of amides is 2. The van der Waals surface area contributed by atoms with Gasteiger partial charge in [0.25, 0.3) is 0 Å². The number of carbonyl (C=O) groups is 1. The minimum atomic E-state index is -4.60. The van der Waals surface area contributed by atoms with E-state index in [0.717, 1.165) is 17.7 Å². The van der Waals surface area contributed by atoms with Crippen molar-refractivity contribution in [2.75, 3.05) is 5.32 Å². The molecule has 7 heteroatoms. The van der Waals surface area contributed by atoms with Gasteiger partial charge in [0.2, 0.25) is 0 Å². The van der Waals surface area contributed by atoms with Crippen molar-refractivity contribution in [2.24, 2.45) is 0 Å². The third kappa shape index (κ3) is 5.20. The summed E-state index contributed by atoms with van der Waals surface area (Å²) >= 11 is 0. The topological polar surface area (TPSA) is 41.1 Å². The Kier molecular flexibility index (Phi) is 5.66. The summed E-state index contributed by atoms with van der Waals surface area (Å²) in [5, 5.41) is 4.99. The number of rotatable bonds is 4. The van der Waals surface area contributed by atoms with Crippen LogP contribution in [0.4, 0.5) is 28.0 Å². The predicted octanol–water partition coefficient (Wildman–Crippen LogP) is 5.29. The molecule has 0 spiro atoms. The van der Waals surface area contributed by atoms with Crippen LogP contribution >= 0.6 is 0 Å². The standard InChI is InChI=1S/C18H18F4N2O/c1-11(2)12-4-7-15(8-5-12)24-17(25)23-10-13-3-6-14(9-16(13)19)18(20,21)22/h3-9,11H,10H2,1-2H3,(H2,23,24,25). The maximum atomic E-state index is 13.7. The molecule has 0 bridgehead atoms. The molecule has 25 heavy (non-hydrogen) atoms. The fourth-order valence-electron chi connectivity index (χ4n) is 2.17. The van der Waals surface area contributed by atoms with Crippen molar-refractivity contribution in [3.05, 3.63) is 65.0 Å². The number of halogens is 4. The van der Waals surface area contributed by atoms with Crippen LogP contribution in [-0.2, 0) is 12.7 Å². The molecule has 0 atom stereocenters. The van der Waals surface area contributed by atoms with Crippen molar-refractivity contribution in [2.45, 2.75) is 32.5 Å². The molecule has 0 saturated heterocycles. The van der Waals surface area contributed by atoms with E-state index in [1.807, 2.05) is 26.0 Å². The quantitative estimate of drug-likeness (QED) is 0.720. The first-order valence-corrected chi connectivity index (χ1v) is 7.67. The highest BCUT2D eigenvalue weighted by molar-refractivity contribution is 5.89. The molecular formula is C18H18F4N2O. The molecule has 0 radical (unpaired) electrons. The lowest BCUT2D eigenvalue weighted by atomic mass is 10.0. The van der Waals surface area contributed by atoms with E-state index in [0.29, 0.717) is 17.7 Å². The average molecular weight is 354 g/mol. The van der Waals surface area contributed by atoms with Gasteiger partial charge in [-0.15, -0.1) is 0 Å². The monoisotopic (exact) mass is 354 g/mol. The van der Waals surface area contributed by atoms with Crippen LogP contribution in [0.25, 0.3) is 0 Å². The second-order valence-electron chi connectivity index (χ2n) is 5.89. The molecule has 134 valence electrons. The van der Waals surface area contributed by atoms with Crippen LogP contribution in [0.3, 0.4) is 0 Å². The zero-order chi connectivity index (χ0) is 18.6. The van der Waals surface area contributed by atoms with Gasteiger partial charge in [-0.3, -0.25) is 0 Å². The molecule has 0 aliphatic rings. The Morgan fingerprint density at radius 3 is 2.24 bits per heavy atom. The summed E-state index contributed by atoms with van der Waals surface area (Å²) in [6.45, 7) is 3.88. The molecule has 0 aliphatic heterocycles. The molecule has 2 N–H and O–H groups in total. The van der Waals surface area contributed by atoms with Gasteiger partial charge in [0.1, 0.15) is 5.82 Å². The molecule has 3 nitrogen and oxygen atoms in total. The van der Waals surface area contributed by atoms with Crippen molar-refractivity contribution in [1.29, 1.82) is 0 Å². The normalized spacial score (nSPS) is 11.5. The maximum absolute atomic E-state index is 13.7. The van der Waals surface area contributed by atoms with E-state index in [1.165, 1.54) is 0 Å². The summed E-state index contributed by atoms with van der Waals surface area (Å²) in [7, 11) is 0.